The van der Waals surface area contributed by atoms with Crippen molar-refractivity contribution < 1.29 is 19.8 Å². The molecule has 0 saturated heterocycles. The van der Waals surface area contributed by atoms with Crippen molar-refractivity contribution in [1.29, 1.82) is 0 Å². The van der Waals surface area contributed by atoms with E-state index in [0.29, 0.717) is 28.8 Å². The molecule has 8 heteroatoms. The fourth-order valence-electron chi connectivity index (χ4n) is 3.56. The smallest absolute Gasteiger partial charge is 0.338 e. The van der Waals surface area contributed by atoms with Crippen molar-refractivity contribution in [3.8, 4) is 0 Å². The fourth-order valence-corrected chi connectivity index (χ4v) is 3.85. The minimum absolute atomic E-state index is 0.224. The number of nitrogens with one attached hydrogen (secondary N) is 1. The Morgan fingerprint density at radius 1 is 0.867 bits per heavy atom. The summed E-state index contributed by atoms with van der Waals surface area (Å²) in [5.41, 5.74) is 3.54. The number of anilines is 3. The molecule has 3 N–H and O–H groups in total. The Balaban J connectivity index is 1.61. The van der Waals surface area contributed by atoms with Gasteiger partial charge in [0, 0.05) is 24.5 Å². The van der Waals surface area contributed by atoms with Gasteiger partial charge < -0.3 is 20.4 Å². The maximum atomic E-state index is 11.6. The van der Waals surface area contributed by atoms with Crippen LogP contribution in [0.3, 0.4) is 0 Å². The Bertz CT molecular complexity index is 1180. The number of fused-ring (bicyclic) bond motifs is 1. The van der Waals surface area contributed by atoms with Crippen LogP contribution in [0.2, 0.25) is 10.0 Å². The van der Waals surface area contributed by atoms with E-state index in [2.05, 4.69) is 10.2 Å². The third-order valence-electron chi connectivity index (χ3n) is 4.98. The predicted molar refractivity (Wildman–Crippen MR) is 116 cm³/mol. The minimum Gasteiger partial charge on any atom is -0.478 e. The van der Waals surface area contributed by atoms with Gasteiger partial charge in [-0.05, 0) is 53.6 Å². The second-order valence-corrected chi connectivity index (χ2v) is 7.72. The summed E-state index contributed by atoms with van der Waals surface area (Å²) in [4.78, 5) is 25.2. The first-order valence-electron chi connectivity index (χ1n) is 9.02. The van der Waals surface area contributed by atoms with Crippen LogP contribution in [0.4, 0.5) is 17.1 Å². The Hall–Kier alpha value is -3.22. The highest BCUT2D eigenvalue weighted by molar-refractivity contribution is 6.42. The summed E-state index contributed by atoms with van der Waals surface area (Å²) in [5.74, 6) is -2.59. The predicted octanol–water partition coefficient (Wildman–Crippen LogP) is 5.65. The lowest BCUT2D eigenvalue weighted by Gasteiger charge is -2.18. The topological polar surface area (TPSA) is 89.9 Å². The van der Waals surface area contributed by atoms with Crippen molar-refractivity contribution in [2.24, 2.45) is 0 Å². The van der Waals surface area contributed by atoms with Gasteiger partial charge >= 0.3 is 11.9 Å². The van der Waals surface area contributed by atoms with Crippen LogP contribution in [0.15, 0.2) is 54.6 Å². The number of nitrogens with zero attached hydrogens (tertiary/aromatic N) is 1. The Morgan fingerprint density at radius 2 is 1.63 bits per heavy atom. The number of halogens is 2. The van der Waals surface area contributed by atoms with Crippen LogP contribution in [-0.4, -0.2) is 22.2 Å². The summed E-state index contributed by atoms with van der Waals surface area (Å²) in [5, 5.41) is 22.8. The number of hydrogen-bond donors (Lipinski definition) is 3. The number of benzene rings is 3. The van der Waals surface area contributed by atoms with E-state index in [9.17, 15) is 19.8 Å². The Kier molecular flexibility index (Phi) is 5.28. The van der Waals surface area contributed by atoms with Gasteiger partial charge in [0.15, 0.2) is 0 Å². The lowest BCUT2D eigenvalue weighted by Crippen LogP contribution is -2.14. The number of carboxylic acid groups (broad SMARTS) is 2. The van der Waals surface area contributed by atoms with Crippen LogP contribution >= 0.6 is 23.2 Å². The van der Waals surface area contributed by atoms with Gasteiger partial charge in [0.2, 0.25) is 0 Å². The van der Waals surface area contributed by atoms with Crippen molar-refractivity contribution in [2.45, 2.75) is 13.1 Å². The molecule has 3 aromatic rings. The summed E-state index contributed by atoms with van der Waals surface area (Å²) >= 11 is 12.1. The van der Waals surface area contributed by atoms with Gasteiger partial charge in [0.25, 0.3) is 0 Å². The van der Waals surface area contributed by atoms with E-state index in [4.69, 9.17) is 23.2 Å². The highest BCUT2D eigenvalue weighted by Crippen LogP contribution is 2.34. The first-order chi connectivity index (χ1) is 14.3. The molecule has 1 aliphatic heterocycles. The van der Waals surface area contributed by atoms with Gasteiger partial charge in [-0.2, -0.15) is 0 Å². The SMILES string of the molecule is O=C(O)c1cccc(Nc2ccc3c(c2)CN(c2ccc(Cl)c(Cl)c2)C3)c1C(=O)O. The summed E-state index contributed by atoms with van der Waals surface area (Å²) in [6.07, 6.45) is 0. The van der Waals surface area contributed by atoms with Crippen molar-refractivity contribution in [2.75, 3.05) is 10.2 Å². The summed E-state index contributed by atoms with van der Waals surface area (Å²) in [7, 11) is 0. The molecular formula is C22H16Cl2N2O4. The van der Waals surface area contributed by atoms with Gasteiger partial charge in [-0.3, -0.25) is 0 Å². The van der Waals surface area contributed by atoms with Crippen LogP contribution < -0.4 is 10.2 Å². The third-order valence-corrected chi connectivity index (χ3v) is 5.72. The minimum atomic E-state index is -1.30. The first kappa shape index (κ1) is 20.1. The summed E-state index contributed by atoms with van der Waals surface area (Å²) < 4.78 is 0. The molecule has 152 valence electrons. The molecule has 4 rings (SSSR count). The molecule has 0 aromatic heterocycles. The molecule has 0 spiro atoms. The average Bonchev–Trinajstić information content (AvgIpc) is 3.13. The van der Waals surface area contributed by atoms with Gasteiger partial charge in [-0.15, -0.1) is 0 Å². The Morgan fingerprint density at radius 3 is 2.33 bits per heavy atom. The number of hydrogen-bond acceptors (Lipinski definition) is 4. The van der Waals surface area contributed by atoms with E-state index in [0.717, 1.165) is 16.8 Å². The highest BCUT2D eigenvalue weighted by atomic mass is 35.5. The van der Waals surface area contributed by atoms with Gasteiger partial charge in [0.05, 0.1) is 26.9 Å². The van der Waals surface area contributed by atoms with Gasteiger partial charge in [-0.1, -0.05) is 35.3 Å². The van der Waals surface area contributed by atoms with Crippen molar-refractivity contribution >= 4 is 52.2 Å². The van der Waals surface area contributed by atoms with E-state index in [1.165, 1.54) is 12.1 Å². The zero-order valence-electron chi connectivity index (χ0n) is 15.5. The zero-order chi connectivity index (χ0) is 21.4. The largest absolute Gasteiger partial charge is 0.478 e. The normalized spacial score (nSPS) is 12.5. The van der Waals surface area contributed by atoms with E-state index >= 15 is 0 Å². The molecule has 1 aliphatic rings. The number of carbonyl (C=O) groups is 2. The first-order valence-corrected chi connectivity index (χ1v) is 9.77. The van der Waals surface area contributed by atoms with E-state index in [1.807, 2.05) is 30.3 Å². The van der Waals surface area contributed by atoms with Crippen LogP contribution in [0, 0.1) is 0 Å². The van der Waals surface area contributed by atoms with Crippen LogP contribution in [-0.2, 0) is 13.1 Å². The van der Waals surface area contributed by atoms with Crippen molar-refractivity contribution in [3.05, 3.63) is 86.9 Å². The number of rotatable bonds is 5. The van der Waals surface area contributed by atoms with Crippen LogP contribution in [0.25, 0.3) is 0 Å². The molecule has 0 radical (unpaired) electrons. The van der Waals surface area contributed by atoms with Crippen LogP contribution in [0.5, 0.6) is 0 Å². The van der Waals surface area contributed by atoms with Crippen molar-refractivity contribution in [1.82, 2.24) is 0 Å². The number of aromatic carboxylic acids is 2. The standard InChI is InChI=1S/C22H16Cl2N2O4/c23-17-7-6-15(9-18(17)24)26-10-12-4-5-14(8-13(12)11-26)25-19-3-1-2-16(21(27)28)20(19)22(29)30/h1-9,25H,10-11H2,(H,27,28)(H,29,30). The van der Waals surface area contributed by atoms with Crippen molar-refractivity contribution in [3.63, 3.8) is 0 Å². The second kappa shape index (κ2) is 7.89. The maximum Gasteiger partial charge on any atom is 0.338 e. The zero-order valence-corrected chi connectivity index (χ0v) is 17.0. The Labute approximate surface area is 182 Å². The molecule has 0 amide bonds. The molecule has 1 heterocycles. The molecule has 0 unspecified atom stereocenters. The summed E-state index contributed by atoms with van der Waals surface area (Å²) in [6.45, 7) is 1.37. The van der Waals surface area contributed by atoms with Gasteiger partial charge in [0.1, 0.15) is 0 Å². The summed E-state index contributed by atoms with van der Waals surface area (Å²) in [6, 6.07) is 15.6. The molecule has 0 atom stereocenters. The molecule has 0 aliphatic carbocycles. The van der Waals surface area contributed by atoms with E-state index in [-0.39, 0.29) is 16.8 Å². The van der Waals surface area contributed by atoms with Gasteiger partial charge in [-0.25, -0.2) is 9.59 Å². The van der Waals surface area contributed by atoms with E-state index in [1.54, 1.807) is 12.1 Å². The van der Waals surface area contributed by atoms with E-state index < -0.39 is 11.9 Å². The molecule has 0 fully saturated rings. The molecule has 6 nitrogen and oxygen atoms in total. The third kappa shape index (κ3) is 3.79. The average molecular weight is 443 g/mol. The molecule has 0 bridgehead atoms. The second-order valence-electron chi connectivity index (χ2n) is 6.90. The molecular weight excluding hydrogens is 427 g/mol. The molecule has 0 saturated carbocycles. The highest BCUT2D eigenvalue weighted by Gasteiger charge is 2.22. The molecule has 3 aromatic carbocycles. The van der Waals surface area contributed by atoms with Crippen LogP contribution in [0.1, 0.15) is 31.8 Å². The number of carboxylic acids is 2. The lowest BCUT2D eigenvalue weighted by molar-refractivity contribution is 0.0652. The maximum absolute atomic E-state index is 11.6. The fraction of sp³-hybridized carbons (Fsp3) is 0.0909. The quantitative estimate of drug-likeness (QED) is 0.472. The molecule has 30 heavy (non-hydrogen) atoms. The monoisotopic (exact) mass is 442 g/mol. The lowest BCUT2D eigenvalue weighted by atomic mass is 10.0.